The van der Waals surface area contributed by atoms with E-state index in [4.69, 9.17) is 10.5 Å². The fourth-order valence-corrected chi connectivity index (χ4v) is 1.46. The maximum Gasteiger partial charge on any atom is 0.237 e. The summed E-state index contributed by atoms with van der Waals surface area (Å²) in [6, 6.07) is 8.63. The van der Waals surface area contributed by atoms with Gasteiger partial charge in [0.2, 0.25) is 11.6 Å². The molecule has 0 heterocycles. The van der Waals surface area contributed by atoms with Gasteiger partial charge < -0.3 is 5.32 Å². The quantitative estimate of drug-likeness (QED) is 0.633. The second-order valence-electron chi connectivity index (χ2n) is 4.12. The molecule has 0 fully saturated rings. The molecule has 0 saturated carbocycles. The van der Waals surface area contributed by atoms with Gasteiger partial charge >= 0.3 is 0 Å². The summed E-state index contributed by atoms with van der Waals surface area (Å²) < 4.78 is 0. The molecule has 0 aliphatic carbocycles. The van der Waals surface area contributed by atoms with Crippen LogP contribution in [0.2, 0.25) is 0 Å². The highest BCUT2D eigenvalue weighted by molar-refractivity contribution is 6.10. The van der Waals surface area contributed by atoms with Gasteiger partial charge in [-0.25, -0.2) is 0 Å². The molecule has 0 aromatic heterocycles. The van der Waals surface area contributed by atoms with E-state index in [0.29, 0.717) is 17.8 Å². The molecule has 0 saturated heterocycles. The number of nitriles is 2. The lowest BCUT2D eigenvalue weighted by molar-refractivity contribution is -0.116. The van der Waals surface area contributed by atoms with Gasteiger partial charge in [-0.05, 0) is 31.0 Å². The van der Waals surface area contributed by atoms with Crippen molar-refractivity contribution in [3.63, 3.8) is 0 Å². The molecule has 0 spiro atoms. The first-order valence-corrected chi connectivity index (χ1v) is 6.15. The second-order valence-corrected chi connectivity index (χ2v) is 4.12. The van der Waals surface area contributed by atoms with Crippen LogP contribution in [0.1, 0.15) is 25.3 Å². The van der Waals surface area contributed by atoms with Gasteiger partial charge in [0.15, 0.2) is 0 Å². The largest absolute Gasteiger partial charge is 0.326 e. The first kappa shape index (κ1) is 15.2. The normalized spacial score (nSPS) is 9.00. The van der Waals surface area contributed by atoms with Crippen molar-refractivity contribution in [2.75, 3.05) is 10.7 Å². The van der Waals surface area contributed by atoms with Crippen molar-refractivity contribution in [3.05, 3.63) is 23.8 Å². The molecule has 6 nitrogen and oxygen atoms in total. The van der Waals surface area contributed by atoms with Gasteiger partial charge in [-0.15, -0.1) is 0 Å². The number of nitrogens with zero attached hydrogens (tertiary/aromatic N) is 3. The van der Waals surface area contributed by atoms with Gasteiger partial charge in [-0.3, -0.25) is 10.2 Å². The van der Waals surface area contributed by atoms with Gasteiger partial charge in [0.25, 0.3) is 0 Å². The summed E-state index contributed by atoms with van der Waals surface area (Å²) in [5.41, 5.74) is 4.55. The number of hydrogen-bond acceptors (Lipinski definition) is 5. The van der Waals surface area contributed by atoms with E-state index in [9.17, 15) is 4.79 Å². The van der Waals surface area contributed by atoms with Crippen LogP contribution in [0.15, 0.2) is 23.3 Å². The van der Waals surface area contributed by atoms with Gasteiger partial charge in [0, 0.05) is 12.1 Å². The third kappa shape index (κ3) is 4.43. The van der Waals surface area contributed by atoms with Crippen LogP contribution >= 0.6 is 0 Å². The Bertz CT molecular complexity index is 591. The van der Waals surface area contributed by atoms with E-state index in [2.05, 4.69) is 15.8 Å². The van der Waals surface area contributed by atoms with Gasteiger partial charge in [0.05, 0.1) is 5.69 Å². The highest BCUT2D eigenvalue weighted by Gasteiger charge is 2.04. The van der Waals surface area contributed by atoms with Crippen LogP contribution in [0.3, 0.4) is 0 Å². The SMILES string of the molecule is CCCC(=O)Nc1ccc(C)c(NN=C(C#N)C#N)c1. The van der Waals surface area contributed by atoms with Crippen LogP contribution < -0.4 is 10.7 Å². The van der Waals surface area contributed by atoms with E-state index in [0.717, 1.165) is 12.0 Å². The Morgan fingerprint density at radius 1 is 1.35 bits per heavy atom. The predicted molar refractivity (Wildman–Crippen MR) is 77.0 cm³/mol. The Morgan fingerprint density at radius 2 is 2.05 bits per heavy atom. The average molecular weight is 269 g/mol. The third-order valence-electron chi connectivity index (χ3n) is 2.50. The summed E-state index contributed by atoms with van der Waals surface area (Å²) >= 11 is 0. The highest BCUT2D eigenvalue weighted by Crippen LogP contribution is 2.20. The van der Waals surface area contributed by atoms with E-state index in [1.807, 2.05) is 19.9 Å². The molecule has 0 aliphatic heterocycles. The molecular weight excluding hydrogens is 254 g/mol. The Morgan fingerprint density at radius 3 is 2.65 bits per heavy atom. The Kier molecular flexibility index (Phi) is 5.74. The molecule has 102 valence electrons. The summed E-state index contributed by atoms with van der Waals surface area (Å²) in [5.74, 6) is -0.0551. The molecule has 1 amide bonds. The molecule has 0 unspecified atom stereocenters. The van der Waals surface area contributed by atoms with Crippen molar-refractivity contribution in [2.24, 2.45) is 5.10 Å². The van der Waals surface area contributed by atoms with Crippen molar-refractivity contribution in [3.8, 4) is 12.1 Å². The lowest BCUT2D eigenvalue weighted by atomic mass is 10.2. The van der Waals surface area contributed by atoms with Crippen molar-refractivity contribution in [1.29, 1.82) is 10.5 Å². The fraction of sp³-hybridized carbons (Fsp3) is 0.286. The predicted octanol–water partition coefficient (Wildman–Crippen LogP) is 2.55. The number of rotatable bonds is 5. The summed E-state index contributed by atoms with van der Waals surface area (Å²) in [4.78, 5) is 11.5. The number of benzene rings is 1. The van der Waals surface area contributed by atoms with E-state index in [1.54, 1.807) is 24.3 Å². The van der Waals surface area contributed by atoms with E-state index in [-0.39, 0.29) is 11.6 Å². The minimum absolute atomic E-state index is 0.0551. The number of carbonyl (C=O) groups is 1. The van der Waals surface area contributed by atoms with E-state index < -0.39 is 0 Å². The summed E-state index contributed by atoms with van der Waals surface area (Å²) in [7, 11) is 0. The zero-order valence-corrected chi connectivity index (χ0v) is 11.4. The Balaban J connectivity index is 2.88. The fourth-order valence-electron chi connectivity index (χ4n) is 1.46. The molecule has 20 heavy (non-hydrogen) atoms. The minimum atomic E-state index is -0.259. The maximum absolute atomic E-state index is 11.5. The number of hydrogen-bond donors (Lipinski definition) is 2. The number of nitrogens with one attached hydrogen (secondary N) is 2. The van der Waals surface area contributed by atoms with Gasteiger partial charge in [0.1, 0.15) is 12.1 Å². The molecule has 0 radical (unpaired) electrons. The van der Waals surface area contributed by atoms with Crippen LogP contribution in [-0.4, -0.2) is 11.6 Å². The molecule has 1 rings (SSSR count). The second kappa shape index (κ2) is 7.55. The molecule has 1 aromatic carbocycles. The van der Waals surface area contributed by atoms with Crippen LogP contribution in [0.4, 0.5) is 11.4 Å². The molecule has 2 N–H and O–H groups in total. The van der Waals surface area contributed by atoms with Gasteiger partial charge in [-0.1, -0.05) is 13.0 Å². The molecule has 0 bridgehead atoms. The molecule has 0 aliphatic rings. The minimum Gasteiger partial charge on any atom is -0.326 e. The third-order valence-corrected chi connectivity index (χ3v) is 2.50. The summed E-state index contributed by atoms with van der Waals surface area (Å²) in [6.07, 6.45) is 1.24. The number of anilines is 2. The zero-order chi connectivity index (χ0) is 15.0. The van der Waals surface area contributed by atoms with Gasteiger partial charge in [-0.2, -0.15) is 15.6 Å². The summed E-state index contributed by atoms with van der Waals surface area (Å²) in [5, 5.41) is 23.7. The van der Waals surface area contributed by atoms with E-state index >= 15 is 0 Å². The van der Waals surface area contributed by atoms with Crippen LogP contribution in [0.5, 0.6) is 0 Å². The van der Waals surface area contributed by atoms with Crippen molar-refractivity contribution in [2.45, 2.75) is 26.7 Å². The van der Waals surface area contributed by atoms with Crippen molar-refractivity contribution < 1.29 is 4.79 Å². The van der Waals surface area contributed by atoms with E-state index in [1.165, 1.54) is 0 Å². The van der Waals surface area contributed by atoms with Crippen LogP contribution in [-0.2, 0) is 4.79 Å². The molecular formula is C14H15N5O. The lowest BCUT2D eigenvalue weighted by Crippen LogP contribution is -2.10. The van der Waals surface area contributed by atoms with Crippen molar-refractivity contribution in [1.82, 2.24) is 0 Å². The van der Waals surface area contributed by atoms with Crippen LogP contribution in [0, 0.1) is 29.6 Å². The van der Waals surface area contributed by atoms with Crippen LogP contribution in [0.25, 0.3) is 0 Å². The maximum atomic E-state index is 11.5. The molecule has 6 heteroatoms. The lowest BCUT2D eigenvalue weighted by Gasteiger charge is -2.09. The number of hydrazone groups is 1. The Hall–Kier alpha value is -2.86. The number of aryl methyl sites for hydroxylation is 1. The standard InChI is InChI=1S/C14H15N5O/c1-3-4-14(20)17-11-6-5-10(2)13(7-11)19-18-12(8-15)9-16/h5-7,19H,3-4H2,1-2H3,(H,17,20). The average Bonchev–Trinajstić information content (AvgIpc) is 2.43. The first-order valence-electron chi connectivity index (χ1n) is 6.15. The first-order chi connectivity index (χ1) is 9.60. The monoisotopic (exact) mass is 269 g/mol. The van der Waals surface area contributed by atoms with Crippen molar-refractivity contribution >= 4 is 23.0 Å². The summed E-state index contributed by atoms with van der Waals surface area (Å²) in [6.45, 7) is 3.79. The molecule has 1 aromatic rings. The molecule has 0 atom stereocenters. The topological polar surface area (TPSA) is 101 Å². The highest BCUT2D eigenvalue weighted by atomic mass is 16.1. The number of amides is 1. The zero-order valence-electron chi connectivity index (χ0n) is 11.4. The smallest absolute Gasteiger partial charge is 0.237 e. The Labute approximate surface area is 117 Å². The number of carbonyl (C=O) groups excluding carboxylic acids is 1.